The van der Waals surface area contributed by atoms with E-state index in [1.165, 1.54) is 18.2 Å². The number of carbonyl (C=O) groups excluding carboxylic acids is 1. The highest BCUT2D eigenvalue weighted by atomic mass is 35.5. The van der Waals surface area contributed by atoms with Crippen molar-refractivity contribution in [2.75, 3.05) is 5.43 Å². The average molecular weight is 282 g/mol. The summed E-state index contributed by atoms with van der Waals surface area (Å²) in [6, 6.07) is 4.32. The minimum absolute atomic E-state index is 0.0712. The maximum Gasteiger partial charge on any atom is 0.0754 e. The first-order chi connectivity index (χ1) is 8.90. The summed E-state index contributed by atoms with van der Waals surface area (Å²) in [5.41, 5.74) is 4.28. The summed E-state index contributed by atoms with van der Waals surface area (Å²) in [5, 5.41) is 15.4. The van der Waals surface area contributed by atoms with Crippen LogP contribution in [-0.4, -0.2) is 11.7 Å². The number of hydrazone groups is 1. The van der Waals surface area contributed by atoms with E-state index in [9.17, 15) is 9.90 Å². The number of halogens is 1. The topological polar surface area (TPSA) is 64.5 Å². The van der Waals surface area contributed by atoms with Gasteiger partial charge in [0.1, 0.15) is 0 Å². The van der Waals surface area contributed by atoms with Gasteiger partial charge in [-0.15, -0.1) is 0 Å². The van der Waals surface area contributed by atoms with Crippen LogP contribution < -0.4 is 10.5 Å². The molecule has 5 heteroatoms. The molecule has 19 heavy (non-hydrogen) atoms. The van der Waals surface area contributed by atoms with Gasteiger partial charge in [-0.3, -0.25) is 5.43 Å². The van der Waals surface area contributed by atoms with Gasteiger partial charge in [0, 0.05) is 5.71 Å². The lowest BCUT2D eigenvalue weighted by molar-refractivity contribution is -0.255. The first-order valence-corrected chi connectivity index (χ1v) is 6.58. The monoisotopic (exact) mass is 281 g/mol. The van der Waals surface area contributed by atoms with Crippen molar-refractivity contribution in [2.24, 2.45) is 11.0 Å². The third-order valence-corrected chi connectivity index (χ3v) is 2.98. The van der Waals surface area contributed by atoms with E-state index in [0.29, 0.717) is 16.6 Å². The maximum atomic E-state index is 10.8. The summed E-state index contributed by atoms with van der Waals surface area (Å²) in [5.74, 6) is -0.615. The molecule has 0 saturated carbocycles. The first-order valence-electron chi connectivity index (χ1n) is 6.20. The summed E-state index contributed by atoms with van der Waals surface area (Å²) >= 11 is 5.97. The number of nitrogens with one attached hydrogen (secondary N) is 1. The summed E-state index contributed by atoms with van der Waals surface area (Å²) < 4.78 is 0. The zero-order valence-electron chi connectivity index (χ0n) is 11.4. The lowest BCUT2D eigenvalue weighted by Gasteiger charge is -2.09. The smallest absolute Gasteiger partial charge is 0.0754 e. The second-order valence-electron chi connectivity index (χ2n) is 4.87. The third kappa shape index (κ3) is 5.30. The fourth-order valence-electron chi connectivity index (χ4n) is 1.45. The van der Waals surface area contributed by atoms with E-state index in [0.717, 1.165) is 18.6 Å². The third-order valence-electron chi connectivity index (χ3n) is 2.65. The zero-order chi connectivity index (χ0) is 14.4. The maximum absolute atomic E-state index is 10.8. The van der Waals surface area contributed by atoms with Crippen LogP contribution in [0.1, 0.15) is 44.0 Å². The van der Waals surface area contributed by atoms with Crippen molar-refractivity contribution in [3.8, 4) is 0 Å². The molecule has 0 unspecified atom stereocenters. The predicted molar refractivity (Wildman–Crippen MR) is 76.6 cm³/mol. The van der Waals surface area contributed by atoms with Gasteiger partial charge in [-0.1, -0.05) is 31.5 Å². The van der Waals surface area contributed by atoms with Crippen molar-refractivity contribution >= 4 is 29.0 Å². The molecule has 0 saturated heterocycles. The number of nitrogens with zero attached hydrogens (tertiary/aromatic N) is 1. The number of carboxylic acid groups (broad SMARTS) is 1. The number of anilines is 1. The van der Waals surface area contributed by atoms with E-state index in [1.54, 1.807) is 0 Å². The van der Waals surface area contributed by atoms with Gasteiger partial charge in [0.2, 0.25) is 0 Å². The molecule has 0 aliphatic carbocycles. The normalized spacial score (nSPS) is 11.7. The van der Waals surface area contributed by atoms with Gasteiger partial charge in [-0.25, -0.2) is 0 Å². The van der Waals surface area contributed by atoms with E-state index in [2.05, 4.69) is 24.4 Å². The van der Waals surface area contributed by atoms with Crippen molar-refractivity contribution < 1.29 is 9.90 Å². The van der Waals surface area contributed by atoms with Gasteiger partial charge in [-0.2, -0.15) is 5.10 Å². The van der Waals surface area contributed by atoms with Crippen molar-refractivity contribution in [1.29, 1.82) is 0 Å². The Balaban J connectivity index is 2.73. The molecule has 1 rings (SSSR count). The molecule has 4 nitrogen and oxygen atoms in total. The minimum Gasteiger partial charge on any atom is -0.545 e. The summed E-state index contributed by atoms with van der Waals surface area (Å²) in [6.45, 7) is 6.23. The molecule has 1 aromatic rings. The highest BCUT2D eigenvalue weighted by molar-refractivity contribution is 6.33. The lowest BCUT2D eigenvalue weighted by atomic mass is 10.1. The Morgan fingerprint density at radius 2 is 2.16 bits per heavy atom. The van der Waals surface area contributed by atoms with Crippen molar-refractivity contribution in [3.63, 3.8) is 0 Å². The number of rotatable bonds is 6. The second kappa shape index (κ2) is 7.14. The van der Waals surface area contributed by atoms with Crippen LogP contribution in [0.25, 0.3) is 0 Å². The average Bonchev–Trinajstić information content (AvgIpc) is 2.35. The highest BCUT2D eigenvalue weighted by Crippen LogP contribution is 2.23. The van der Waals surface area contributed by atoms with Crippen molar-refractivity contribution in [2.45, 2.75) is 33.6 Å². The number of hydrogen-bond donors (Lipinski definition) is 1. The molecular formula is C14H18ClN2O2-. The molecule has 0 aliphatic heterocycles. The van der Waals surface area contributed by atoms with Crippen LogP contribution in [0.2, 0.25) is 5.02 Å². The molecule has 1 aromatic carbocycles. The van der Waals surface area contributed by atoms with Crippen molar-refractivity contribution in [3.05, 3.63) is 28.8 Å². The lowest BCUT2D eigenvalue weighted by Crippen LogP contribution is -2.22. The predicted octanol–water partition coefficient (Wildman–Crippen LogP) is 2.93. The Morgan fingerprint density at radius 3 is 2.74 bits per heavy atom. The SMILES string of the molecule is C/C(CCC(C)C)=N/Nc1cc(C(=O)[O-])ccc1Cl. The minimum atomic E-state index is -1.24. The Morgan fingerprint density at radius 1 is 1.47 bits per heavy atom. The molecule has 0 bridgehead atoms. The molecule has 0 aliphatic rings. The van der Waals surface area contributed by atoms with Crippen LogP contribution in [-0.2, 0) is 0 Å². The number of hydrogen-bond acceptors (Lipinski definition) is 4. The molecule has 104 valence electrons. The van der Waals surface area contributed by atoms with E-state index < -0.39 is 5.97 Å². The molecule has 0 heterocycles. The molecular weight excluding hydrogens is 264 g/mol. The summed E-state index contributed by atoms with van der Waals surface area (Å²) in [7, 11) is 0. The molecule has 0 fully saturated rings. The number of benzene rings is 1. The number of carboxylic acids is 1. The zero-order valence-corrected chi connectivity index (χ0v) is 12.1. The van der Waals surface area contributed by atoms with Crippen LogP contribution >= 0.6 is 11.6 Å². The van der Waals surface area contributed by atoms with Crippen LogP contribution in [0.4, 0.5) is 5.69 Å². The number of carbonyl (C=O) groups is 1. The fraction of sp³-hybridized carbons (Fsp3) is 0.429. The molecule has 0 spiro atoms. The summed E-state index contributed by atoms with van der Waals surface area (Å²) in [6.07, 6.45) is 1.95. The Labute approximate surface area is 118 Å². The van der Waals surface area contributed by atoms with Gasteiger partial charge in [-0.05, 0) is 43.4 Å². The van der Waals surface area contributed by atoms with E-state index >= 15 is 0 Å². The molecule has 0 atom stereocenters. The van der Waals surface area contributed by atoms with E-state index in [4.69, 9.17) is 11.6 Å². The van der Waals surface area contributed by atoms with Gasteiger partial charge < -0.3 is 9.90 Å². The van der Waals surface area contributed by atoms with Gasteiger partial charge in [0.25, 0.3) is 0 Å². The summed E-state index contributed by atoms with van der Waals surface area (Å²) in [4.78, 5) is 10.8. The molecule has 1 N–H and O–H groups in total. The molecule has 0 amide bonds. The van der Waals surface area contributed by atoms with Crippen LogP contribution in [0.15, 0.2) is 23.3 Å². The van der Waals surface area contributed by atoms with Crippen LogP contribution in [0, 0.1) is 5.92 Å². The Bertz CT molecular complexity index is 484. The molecule has 0 radical (unpaired) electrons. The van der Waals surface area contributed by atoms with Crippen LogP contribution in [0.5, 0.6) is 0 Å². The Kier molecular flexibility index (Phi) is 5.83. The Hall–Kier alpha value is -1.55. The van der Waals surface area contributed by atoms with E-state index in [1.807, 2.05) is 6.92 Å². The quantitative estimate of drug-likeness (QED) is 0.644. The van der Waals surface area contributed by atoms with E-state index in [-0.39, 0.29) is 5.56 Å². The largest absolute Gasteiger partial charge is 0.545 e. The standard InChI is InChI=1S/C14H19ClN2O2/c1-9(2)4-5-10(3)16-17-13-8-11(14(18)19)6-7-12(13)15/h6-9,17H,4-5H2,1-3H3,(H,18,19)/p-1/b16-10-. The molecule has 0 aromatic heterocycles. The van der Waals surface area contributed by atoms with Gasteiger partial charge in [0.15, 0.2) is 0 Å². The van der Waals surface area contributed by atoms with Gasteiger partial charge in [0.05, 0.1) is 16.7 Å². The van der Waals surface area contributed by atoms with Gasteiger partial charge >= 0.3 is 0 Å². The first kappa shape index (κ1) is 15.5. The highest BCUT2D eigenvalue weighted by Gasteiger charge is 2.03. The second-order valence-corrected chi connectivity index (χ2v) is 5.28. The van der Waals surface area contributed by atoms with Crippen LogP contribution in [0.3, 0.4) is 0 Å². The number of aromatic carboxylic acids is 1. The van der Waals surface area contributed by atoms with Crippen molar-refractivity contribution in [1.82, 2.24) is 0 Å². The fourth-order valence-corrected chi connectivity index (χ4v) is 1.61.